The molecule has 2 aliphatic carbocycles. The smallest absolute Gasteiger partial charge is 0.239 e. The zero-order chi connectivity index (χ0) is 16.2. The number of rotatable bonds is 8. The van der Waals surface area contributed by atoms with Crippen molar-refractivity contribution < 1.29 is 14.3 Å². The van der Waals surface area contributed by atoms with E-state index in [9.17, 15) is 9.59 Å². The summed E-state index contributed by atoms with van der Waals surface area (Å²) < 4.78 is 5.78. The van der Waals surface area contributed by atoms with Gasteiger partial charge in [-0.1, -0.05) is 20.3 Å². The topological polar surface area (TPSA) is 67.4 Å². The third kappa shape index (κ3) is 3.80. The minimum atomic E-state index is -0.0795. The van der Waals surface area contributed by atoms with Gasteiger partial charge in [0, 0.05) is 24.5 Å². The lowest BCUT2D eigenvalue weighted by Crippen LogP contribution is -2.68. The van der Waals surface area contributed by atoms with E-state index in [1.165, 1.54) is 6.42 Å². The van der Waals surface area contributed by atoms with Gasteiger partial charge in [0.15, 0.2) is 0 Å². The Morgan fingerprint density at radius 3 is 2.55 bits per heavy atom. The first-order chi connectivity index (χ1) is 10.5. The number of carbonyl (C=O) groups is 2. The highest BCUT2D eigenvalue weighted by Crippen LogP contribution is 2.57. The highest BCUT2D eigenvalue weighted by molar-refractivity contribution is 5.84. The Bertz CT molecular complexity index is 405. The highest BCUT2D eigenvalue weighted by atomic mass is 16.5. The third-order valence-electron chi connectivity index (χ3n) is 5.17. The Morgan fingerprint density at radius 2 is 2.00 bits per heavy atom. The summed E-state index contributed by atoms with van der Waals surface area (Å²) in [5.41, 5.74) is 0.174. The average molecular weight is 310 g/mol. The average Bonchev–Trinajstić information content (AvgIpc) is 2.39. The zero-order valence-electron chi connectivity index (χ0n) is 14.1. The van der Waals surface area contributed by atoms with Crippen LogP contribution in [0.5, 0.6) is 0 Å². The molecule has 5 nitrogen and oxygen atoms in total. The van der Waals surface area contributed by atoms with Crippen LogP contribution in [0.3, 0.4) is 0 Å². The summed E-state index contributed by atoms with van der Waals surface area (Å²) in [6.07, 6.45) is 6.06. The van der Waals surface area contributed by atoms with Gasteiger partial charge in [0.25, 0.3) is 0 Å². The first-order valence-corrected chi connectivity index (χ1v) is 8.65. The molecule has 2 amide bonds. The standard InChI is InChI=1S/C17H30N2O3/c1-4-22-14-10-13(17(14)8-5-9-17)19-16(21)11-18-15(20)7-6-12(2)3/h12-14H,4-11H2,1-3H3,(H,18,20)(H,19,21)/t13-,14+/m0/s1. The van der Waals surface area contributed by atoms with Crippen molar-refractivity contribution in [3.63, 3.8) is 0 Å². The van der Waals surface area contributed by atoms with Crippen LogP contribution >= 0.6 is 0 Å². The Balaban J connectivity index is 1.68. The molecule has 0 heterocycles. The first kappa shape index (κ1) is 17.3. The Kier molecular flexibility index (Phi) is 5.84. The summed E-state index contributed by atoms with van der Waals surface area (Å²) in [7, 11) is 0. The quantitative estimate of drug-likeness (QED) is 0.720. The largest absolute Gasteiger partial charge is 0.378 e. The first-order valence-electron chi connectivity index (χ1n) is 8.65. The van der Waals surface area contributed by atoms with Crippen LogP contribution in [0.2, 0.25) is 0 Å². The molecule has 0 saturated heterocycles. The predicted octanol–water partition coefficient (Wildman–Crippen LogP) is 2.00. The van der Waals surface area contributed by atoms with Gasteiger partial charge in [-0.25, -0.2) is 0 Å². The van der Waals surface area contributed by atoms with Crippen molar-refractivity contribution in [2.45, 2.75) is 71.4 Å². The van der Waals surface area contributed by atoms with Gasteiger partial charge in [-0.3, -0.25) is 9.59 Å². The molecule has 0 unspecified atom stereocenters. The maximum absolute atomic E-state index is 12.0. The van der Waals surface area contributed by atoms with Gasteiger partial charge in [0.1, 0.15) is 0 Å². The van der Waals surface area contributed by atoms with Gasteiger partial charge >= 0.3 is 0 Å². The molecule has 2 aliphatic rings. The third-order valence-corrected chi connectivity index (χ3v) is 5.17. The van der Waals surface area contributed by atoms with Crippen molar-refractivity contribution in [1.29, 1.82) is 0 Å². The van der Waals surface area contributed by atoms with Crippen LogP contribution < -0.4 is 10.6 Å². The lowest BCUT2D eigenvalue weighted by Gasteiger charge is -2.61. The van der Waals surface area contributed by atoms with Crippen LogP contribution in [0.25, 0.3) is 0 Å². The Hall–Kier alpha value is -1.10. The number of ether oxygens (including phenoxy) is 1. The van der Waals surface area contributed by atoms with Crippen LogP contribution in [0.15, 0.2) is 0 Å². The van der Waals surface area contributed by atoms with E-state index in [0.717, 1.165) is 32.3 Å². The minimum absolute atomic E-state index is 0.0389. The molecule has 0 aromatic heterocycles. The second-order valence-corrected chi connectivity index (χ2v) is 7.10. The Morgan fingerprint density at radius 1 is 1.27 bits per heavy atom. The molecular formula is C17H30N2O3. The second-order valence-electron chi connectivity index (χ2n) is 7.10. The van der Waals surface area contributed by atoms with Crippen LogP contribution in [0, 0.1) is 11.3 Å². The summed E-state index contributed by atoms with van der Waals surface area (Å²) >= 11 is 0. The number of hydrogen-bond acceptors (Lipinski definition) is 3. The van der Waals surface area contributed by atoms with Crippen LogP contribution in [-0.2, 0) is 14.3 Å². The predicted molar refractivity (Wildman–Crippen MR) is 85.3 cm³/mol. The molecule has 2 N–H and O–H groups in total. The molecule has 5 heteroatoms. The van der Waals surface area contributed by atoms with E-state index in [4.69, 9.17) is 4.74 Å². The van der Waals surface area contributed by atoms with E-state index in [2.05, 4.69) is 24.5 Å². The van der Waals surface area contributed by atoms with E-state index < -0.39 is 0 Å². The van der Waals surface area contributed by atoms with Crippen LogP contribution in [0.4, 0.5) is 0 Å². The van der Waals surface area contributed by atoms with Gasteiger partial charge in [-0.2, -0.15) is 0 Å². The van der Waals surface area contributed by atoms with Crippen LogP contribution in [0.1, 0.15) is 59.3 Å². The van der Waals surface area contributed by atoms with Gasteiger partial charge in [0.05, 0.1) is 12.6 Å². The second kappa shape index (κ2) is 7.44. The molecule has 0 aliphatic heterocycles. The normalized spacial score (nSPS) is 25.5. The van der Waals surface area contributed by atoms with Crippen molar-refractivity contribution in [2.75, 3.05) is 13.2 Å². The van der Waals surface area contributed by atoms with Crippen molar-refractivity contribution in [2.24, 2.45) is 11.3 Å². The van der Waals surface area contributed by atoms with E-state index in [0.29, 0.717) is 18.4 Å². The van der Waals surface area contributed by atoms with E-state index >= 15 is 0 Å². The highest BCUT2D eigenvalue weighted by Gasteiger charge is 2.59. The van der Waals surface area contributed by atoms with Gasteiger partial charge in [-0.05, 0) is 38.5 Å². The molecular weight excluding hydrogens is 280 g/mol. The molecule has 22 heavy (non-hydrogen) atoms. The summed E-state index contributed by atoms with van der Waals surface area (Å²) in [5.74, 6) is 0.385. The fourth-order valence-corrected chi connectivity index (χ4v) is 3.57. The molecule has 2 rings (SSSR count). The fourth-order valence-electron chi connectivity index (χ4n) is 3.57. The maximum atomic E-state index is 12.0. The maximum Gasteiger partial charge on any atom is 0.239 e. The van der Waals surface area contributed by atoms with Crippen molar-refractivity contribution in [1.82, 2.24) is 10.6 Å². The molecule has 2 saturated carbocycles. The lowest BCUT2D eigenvalue weighted by atomic mass is 9.51. The van der Waals surface area contributed by atoms with Crippen LogP contribution in [-0.4, -0.2) is 37.1 Å². The monoisotopic (exact) mass is 310 g/mol. The number of hydrogen-bond donors (Lipinski definition) is 2. The minimum Gasteiger partial charge on any atom is -0.378 e. The van der Waals surface area contributed by atoms with Gasteiger partial charge < -0.3 is 15.4 Å². The molecule has 0 aromatic carbocycles. The number of carbonyl (C=O) groups excluding carboxylic acids is 2. The molecule has 1 spiro atoms. The molecule has 2 atom stereocenters. The summed E-state index contributed by atoms with van der Waals surface area (Å²) in [4.78, 5) is 23.7. The summed E-state index contributed by atoms with van der Waals surface area (Å²) in [6, 6.07) is 0.220. The van der Waals surface area contributed by atoms with E-state index in [1.54, 1.807) is 0 Å². The van der Waals surface area contributed by atoms with Crippen molar-refractivity contribution in [3.8, 4) is 0 Å². The molecule has 0 bridgehead atoms. The number of amides is 2. The Labute approximate surface area is 133 Å². The molecule has 126 valence electrons. The van der Waals surface area contributed by atoms with E-state index in [1.807, 2.05) is 6.92 Å². The van der Waals surface area contributed by atoms with Crippen molar-refractivity contribution in [3.05, 3.63) is 0 Å². The SMILES string of the molecule is CCO[C@@H]1C[C@H](NC(=O)CNC(=O)CCC(C)C)C12CCC2. The molecule has 2 fully saturated rings. The zero-order valence-corrected chi connectivity index (χ0v) is 14.1. The van der Waals surface area contributed by atoms with Gasteiger partial charge in [0.2, 0.25) is 11.8 Å². The fraction of sp³-hybridized carbons (Fsp3) is 0.882. The number of nitrogens with one attached hydrogen (secondary N) is 2. The molecule has 0 aromatic rings. The molecule has 0 radical (unpaired) electrons. The lowest BCUT2D eigenvalue weighted by molar-refractivity contribution is -0.175. The van der Waals surface area contributed by atoms with Gasteiger partial charge in [-0.15, -0.1) is 0 Å². The van der Waals surface area contributed by atoms with Crippen molar-refractivity contribution >= 4 is 11.8 Å². The van der Waals surface area contributed by atoms with E-state index in [-0.39, 0.29) is 29.8 Å². The summed E-state index contributed by atoms with van der Waals surface area (Å²) in [6.45, 7) is 7.01. The summed E-state index contributed by atoms with van der Waals surface area (Å²) in [5, 5.41) is 5.79.